The molecule has 1 aliphatic carbocycles. The van der Waals surface area contributed by atoms with Gasteiger partial charge in [0, 0.05) is 17.9 Å². The van der Waals surface area contributed by atoms with E-state index in [-0.39, 0.29) is 0 Å². The van der Waals surface area contributed by atoms with Gasteiger partial charge in [0.15, 0.2) is 0 Å². The molecule has 1 aliphatic heterocycles. The number of fused-ring (bicyclic) bond motifs is 1. The van der Waals surface area contributed by atoms with E-state index in [4.69, 9.17) is 0 Å². The van der Waals surface area contributed by atoms with E-state index >= 15 is 0 Å². The second-order valence-electron chi connectivity index (χ2n) is 6.91. The topological polar surface area (TPSA) is 3.24 Å². The molecule has 104 valence electrons. The molecule has 1 aromatic rings. The lowest BCUT2D eigenvalue weighted by Gasteiger charge is -2.42. The first-order chi connectivity index (χ1) is 9.04. The fraction of sp³-hybridized carbons (Fsp3) is 0.647. The van der Waals surface area contributed by atoms with Crippen LogP contribution in [0.1, 0.15) is 43.4 Å². The van der Waals surface area contributed by atoms with Gasteiger partial charge in [0.2, 0.25) is 0 Å². The van der Waals surface area contributed by atoms with Crippen molar-refractivity contribution in [2.45, 2.75) is 50.9 Å². The molecule has 0 saturated carbocycles. The van der Waals surface area contributed by atoms with Crippen LogP contribution in [0.15, 0.2) is 18.2 Å². The van der Waals surface area contributed by atoms with Crippen LogP contribution in [-0.2, 0) is 19.4 Å². The van der Waals surface area contributed by atoms with Gasteiger partial charge in [0.1, 0.15) is 0 Å². The molecular weight excluding hydrogens is 298 g/mol. The monoisotopic (exact) mass is 321 g/mol. The summed E-state index contributed by atoms with van der Waals surface area (Å²) in [6.45, 7) is 8.29. The highest BCUT2D eigenvalue weighted by molar-refractivity contribution is 9.09. The summed E-state index contributed by atoms with van der Waals surface area (Å²) in [5.41, 5.74) is 5.08. The van der Waals surface area contributed by atoms with Crippen molar-refractivity contribution in [3.8, 4) is 0 Å². The summed E-state index contributed by atoms with van der Waals surface area (Å²) in [6, 6.07) is 7.16. The van der Waals surface area contributed by atoms with Crippen LogP contribution in [0.3, 0.4) is 0 Å². The summed E-state index contributed by atoms with van der Waals surface area (Å²) in [5, 5.41) is 0. The largest absolute Gasteiger partial charge is 0.298 e. The number of nitrogens with zero attached hydrogens (tertiary/aromatic N) is 1. The van der Waals surface area contributed by atoms with Gasteiger partial charge in [-0.1, -0.05) is 48.0 Å². The van der Waals surface area contributed by atoms with Crippen LogP contribution in [0.25, 0.3) is 0 Å². The van der Waals surface area contributed by atoms with Crippen LogP contribution in [0.5, 0.6) is 0 Å². The Labute approximate surface area is 125 Å². The minimum absolute atomic E-state index is 0.384. The van der Waals surface area contributed by atoms with Crippen LogP contribution >= 0.6 is 15.9 Å². The van der Waals surface area contributed by atoms with E-state index in [1.807, 2.05) is 0 Å². The molecule has 2 heteroatoms. The number of benzene rings is 1. The lowest BCUT2D eigenvalue weighted by molar-refractivity contribution is 0.120. The standard InChI is InChI=1S/C17H24BrN/c1-17(2)12-19(9-8-16(17)18)11-13-6-7-14-4-3-5-15(14)10-13/h6-7,10,16H,3-5,8-9,11-12H2,1-2H3. The average molecular weight is 322 g/mol. The van der Waals surface area contributed by atoms with E-state index in [0.717, 1.165) is 6.54 Å². The van der Waals surface area contributed by atoms with Crippen molar-refractivity contribution >= 4 is 15.9 Å². The van der Waals surface area contributed by atoms with Gasteiger partial charge in [-0.25, -0.2) is 0 Å². The van der Waals surface area contributed by atoms with Gasteiger partial charge in [-0.15, -0.1) is 0 Å². The molecule has 2 aliphatic rings. The Hall–Kier alpha value is -0.340. The van der Waals surface area contributed by atoms with Crippen LogP contribution in [-0.4, -0.2) is 22.8 Å². The second kappa shape index (κ2) is 5.21. The number of hydrogen-bond acceptors (Lipinski definition) is 1. The van der Waals surface area contributed by atoms with Gasteiger partial charge in [0.05, 0.1) is 0 Å². The zero-order chi connectivity index (χ0) is 13.5. The van der Waals surface area contributed by atoms with E-state index in [2.05, 4.69) is 52.9 Å². The highest BCUT2D eigenvalue weighted by atomic mass is 79.9. The molecule has 0 spiro atoms. The SMILES string of the molecule is CC1(C)CN(Cc2ccc3c(c2)CCC3)CCC1Br. The first-order valence-electron chi connectivity index (χ1n) is 7.52. The van der Waals surface area contributed by atoms with Crippen molar-refractivity contribution < 1.29 is 0 Å². The molecule has 0 N–H and O–H groups in total. The van der Waals surface area contributed by atoms with Crippen molar-refractivity contribution in [3.63, 3.8) is 0 Å². The second-order valence-corrected chi connectivity index (χ2v) is 8.02. The van der Waals surface area contributed by atoms with Crippen molar-refractivity contribution in [3.05, 3.63) is 34.9 Å². The predicted octanol–water partition coefficient (Wildman–Crippen LogP) is 4.17. The predicted molar refractivity (Wildman–Crippen MR) is 84.9 cm³/mol. The fourth-order valence-corrected chi connectivity index (χ4v) is 3.91. The van der Waals surface area contributed by atoms with E-state index in [0.29, 0.717) is 10.2 Å². The number of halogens is 1. The zero-order valence-electron chi connectivity index (χ0n) is 12.1. The van der Waals surface area contributed by atoms with Crippen LogP contribution in [0, 0.1) is 5.41 Å². The Morgan fingerprint density at radius 2 is 2.05 bits per heavy atom. The molecule has 1 saturated heterocycles. The molecule has 1 aromatic carbocycles. The summed E-state index contributed by atoms with van der Waals surface area (Å²) in [6.07, 6.45) is 5.19. The Morgan fingerprint density at radius 1 is 1.26 bits per heavy atom. The van der Waals surface area contributed by atoms with E-state index < -0.39 is 0 Å². The molecule has 1 heterocycles. The smallest absolute Gasteiger partial charge is 0.0234 e. The van der Waals surface area contributed by atoms with Crippen LogP contribution in [0.4, 0.5) is 0 Å². The normalized spacial score (nSPS) is 26.4. The van der Waals surface area contributed by atoms with Gasteiger partial charge in [0.25, 0.3) is 0 Å². The minimum atomic E-state index is 0.384. The molecule has 0 bridgehead atoms. The Kier molecular flexibility index (Phi) is 3.74. The number of piperidine rings is 1. The maximum Gasteiger partial charge on any atom is 0.0234 e. The highest BCUT2D eigenvalue weighted by Gasteiger charge is 2.33. The van der Waals surface area contributed by atoms with Crippen LogP contribution in [0.2, 0.25) is 0 Å². The number of rotatable bonds is 2. The molecule has 0 aromatic heterocycles. The van der Waals surface area contributed by atoms with Gasteiger partial charge in [-0.05, 0) is 54.3 Å². The van der Waals surface area contributed by atoms with E-state index in [1.54, 1.807) is 11.1 Å². The summed E-state index contributed by atoms with van der Waals surface area (Å²) in [5.74, 6) is 0. The van der Waals surface area contributed by atoms with Crippen molar-refractivity contribution in [2.75, 3.05) is 13.1 Å². The van der Waals surface area contributed by atoms with Gasteiger partial charge >= 0.3 is 0 Å². The Balaban J connectivity index is 1.69. The van der Waals surface area contributed by atoms with E-state index in [9.17, 15) is 0 Å². The molecule has 19 heavy (non-hydrogen) atoms. The summed E-state index contributed by atoms with van der Waals surface area (Å²) >= 11 is 3.84. The first-order valence-corrected chi connectivity index (χ1v) is 8.43. The average Bonchev–Trinajstić information content (AvgIpc) is 2.81. The van der Waals surface area contributed by atoms with Gasteiger partial charge in [-0.2, -0.15) is 0 Å². The number of likely N-dealkylation sites (tertiary alicyclic amines) is 1. The molecule has 1 nitrogen and oxygen atoms in total. The van der Waals surface area contributed by atoms with Crippen molar-refractivity contribution in [1.82, 2.24) is 4.90 Å². The Bertz CT molecular complexity index is 466. The molecule has 1 atom stereocenters. The molecule has 3 rings (SSSR count). The highest BCUT2D eigenvalue weighted by Crippen LogP contribution is 2.35. The van der Waals surface area contributed by atoms with E-state index in [1.165, 1.54) is 44.3 Å². The summed E-state index contributed by atoms with van der Waals surface area (Å²) in [7, 11) is 0. The molecule has 0 amide bonds. The minimum Gasteiger partial charge on any atom is -0.298 e. The molecule has 1 fully saturated rings. The number of aryl methyl sites for hydroxylation is 2. The van der Waals surface area contributed by atoms with Crippen LogP contribution < -0.4 is 0 Å². The third kappa shape index (κ3) is 2.90. The zero-order valence-corrected chi connectivity index (χ0v) is 13.7. The third-order valence-electron chi connectivity index (χ3n) is 4.75. The Morgan fingerprint density at radius 3 is 2.84 bits per heavy atom. The maximum atomic E-state index is 3.84. The van der Waals surface area contributed by atoms with Crippen molar-refractivity contribution in [1.29, 1.82) is 0 Å². The fourth-order valence-electron chi connectivity index (χ4n) is 3.56. The molecule has 0 radical (unpaired) electrons. The summed E-state index contributed by atoms with van der Waals surface area (Å²) in [4.78, 5) is 3.28. The van der Waals surface area contributed by atoms with Gasteiger partial charge < -0.3 is 0 Å². The number of alkyl halides is 1. The lowest BCUT2D eigenvalue weighted by atomic mass is 9.84. The summed E-state index contributed by atoms with van der Waals surface area (Å²) < 4.78 is 0. The maximum absolute atomic E-state index is 3.84. The third-order valence-corrected chi connectivity index (χ3v) is 6.44. The lowest BCUT2D eigenvalue weighted by Crippen LogP contribution is -2.45. The van der Waals surface area contributed by atoms with Gasteiger partial charge in [-0.3, -0.25) is 4.90 Å². The molecule has 1 unspecified atom stereocenters. The quantitative estimate of drug-likeness (QED) is 0.739. The molecular formula is C17H24BrN. The first kappa shape index (κ1) is 13.6. The number of hydrogen-bond donors (Lipinski definition) is 0. The van der Waals surface area contributed by atoms with Crippen molar-refractivity contribution in [2.24, 2.45) is 5.41 Å².